The highest BCUT2D eigenvalue weighted by molar-refractivity contribution is 5.78. The van der Waals surface area contributed by atoms with Crippen LogP contribution in [0.1, 0.15) is 24.0 Å². The molecule has 0 spiro atoms. The van der Waals surface area contributed by atoms with Crippen molar-refractivity contribution in [2.24, 2.45) is 5.92 Å². The molecule has 6 nitrogen and oxygen atoms in total. The number of likely N-dealkylation sites (tertiary alicyclic amines) is 1. The van der Waals surface area contributed by atoms with Crippen LogP contribution in [0.2, 0.25) is 0 Å². The Hall–Kier alpha value is -2.73. The fourth-order valence-corrected chi connectivity index (χ4v) is 3.91. The van der Waals surface area contributed by atoms with E-state index in [2.05, 4.69) is 5.32 Å². The Morgan fingerprint density at radius 2 is 1.83 bits per heavy atom. The summed E-state index contributed by atoms with van der Waals surface area (Å²) in [4.78, 5) is 13.9. The number of quaternary nitrogens is 1. The van der Waals surface area contributed by atoms with Crippen molar-refractivity contribution in [3.05, 3.63) is 53.6 Å². The van der Waals surface area contributed by atoms with Crippen molar-refractivity contribution in [3.8, 4) is 17.2 Å². The monoisotopic (exact) mass is 399 g/mol. The van der Waals surface area contributed by atoms with E-state index in [0.29, 0.717) is 23.8 Å². The van der Waals surface area contributed by atoms with Gasteiger partial charge in [-0.05, 0) is 36.2 Å². The molecule has 1 aliphatic rings. The zero-order valence-corrected chi connectivity index (χ0v) is 17.2. The molecule has 2 aromatic rings. The number of para-hydroxylation sites is 1. The number of carbonyl (C=O) groups is 1. The first-order chi connectivity index (χ1) is 14.1. The molecular formula is C23H31N2O4+. The van der Waals surface area contributed by atoms with E-state index < -0.39 is 0 Å². The SMILES string of the molecule is COc1ccc(CCNC(=O)C2CC[NH+](Cc3ccccc3O)CC2)cc1OC. The third kappa shape index (κ3) is 5.64. The number of methoxy groups -OCH3 is 2. The number of aromatic hydroxyl groups is 1. The Bertz CT molecular complexity index is 816. The van der Waals surface area contributed by atoms with E-state index in [0.717, 1.165) is 50.0 Å². The van der Waals surface area contributed by atoms with Gasteiger partial charge in [-0.15, -0.1) is 0 Å². The highest BCUT2D eigenvalue weighted by Crippen LogP contribution is 2.27. The Labute approximate surface area is 172 Å². The molecular weight excluding hydrogens is 368 g/mol. The van der Waals surface area contributed by atoms with Crippen LogP contribution in [-0.4, -0.2) is 44.9 Å². The lowest BCUT2D eigenvalue weighted by molar-refractivity contribution is -0.919. The van der Waals surface area contributed by atoms with Crippen LogP contribution in [0.25, 0.3) is 0 Å². The zero-order valence-electron chi connectivity index (χ0n) is 17.2. The van der Waals surface area contributed by atoms with Gasteiger partial charge >= 0.3 is 0 Å². The first-order valence-corrected chi connectivity index (χ1v) is 10.2. The molecule has 29 heavy (non-hydrogen) atoms. The minimum Gasteiger partial charge on any atom is -0.507 e. The van der Waals surface area contributed by atoms with Gasteiger partial charge in [0.15, 0.2) is 11.5 Å². The number of piperidine rings is 1. The van der Waals surface area contributed by atoms with Gasteiger partial charge in [-0.2, -0.15) is 0 Å². The highest BCUT2D eigenvalue weighted by Gasteiger charge is 2.27. The zero-order chi connectivity index (χ0) is 20.6. The highest BCUT2D eigenvalue weighted by atomic mass is 16.5. The summed E-state index contributed by atoms with van der Waals surface area (Å²) in [5, 5.41) is 13.0. The van der Waals surface area contributed by atoms with Crippen molar-refractivity contribution < 1.29 is 24.3 Å². The Morgan fingerprint density at radius 3 is 2.52 bits per heavy atom. The predicted molar refractivity (Wildman–Crippen MR) is 111 cm³/mol. The first-order valence-electron chi connectivity index (χ1n) is 10.2. The molecule has 0 radical (unpaired) electrons. The summed E-state index contributed by atoms with van der Waals surface area (Å²) in [5.74, 6) is 1.99. The second-order valence-electron chi connectivity index (χ2n) is 7.56. The molecule has 1 fully saturated rings. The van der Waals surface area contributed by atoms with Crippen LogP contribution in [-0.2, 0) is 17.8 Å². The summed E-state index contributed by atoms with van der Waals surface area (Å²) >= 11 is 0. The molecule has 0 atom stereocenters. The van der Waals surface area contributed by atoms with Gasteiger partial charge in [-0.3, -0.25) is 4.79 Å². The number of rotatable bonds is 8. The lowest BCUT2D eigenvalue weighted by Crippen LogP contribution is -3.11. The summed E-state index contributed by atoms with van der Waals surface area (Å²) in [6, 6.07) is 13.3. The van der Waals surface area contributed by atoms with E-state index in [9.17, 15) is 9.90 Å². The van der Waals surface area contributed by atoms with E-state index in [-0.39, 0.29) is 11.8 Å². The third-order valence-electron chi connectivity index (χ3n) is 5.66. The van der Waals surface area contributed by atoms with E-state index in [1.54, 1.807) is 20.3 Å². The first kappa shape index (κ1) is 21.0. The lowest BCUT2D eigenvalue weighted by Gasteiger charge is -2.28. The molecule has 0 aromatic heterocycles. The van der Waals surface area contributed by atoms with Crippen LogP contribution >= 0.6 is 0 Å². The number of nitrogens with one attached hydrogen (secondary N) is 2. The molecule has 1 heterocycles. The summed E-state index contributed by atoms with van der Waals surface area (Å²) in [6.07, 6.45) is 2.51. The lowest BCUT2D eigenvalue weighted by atomic mass is 9.95. The van der Waals surface area contributed by atoms with Crippen LogP contribution < -0.4 is 19.7 Å². The average Bonchev–Trinajstić information content (AvgIpc) is 2.75. The summed E-state index contributed by atoms with van der Waals surface area (Å²) < 4.78 is 10.6. The van der Waals surface area contributed by atoms with Crippen molar-refractivity contribution in [1.82, 2.24) is 5.32 Å². The molecule has 0 bridgehead atoms. The standard InChI is InChI=1S/C23H30N2O4/c1-28-21-8-7-17(15-22(21)29-2)9-12-24-23(27)18-10-13-25(14-11-18)16-19-5-3-4-6-20(19)26/h3-8,15,18,26H,9-14,16H2,1-2H3,(H,24,27)/p+1. The Morgan fingerprint density at radius 1 is 1.10 bits per heavy atom. The average molecular weight is 400 g/mol. The number of ether oxygens (including phenoxy) is 2. The molecule has 0 saturated carbocycles. The van der Waals surface area contributed by atoms with Crippen molar-refractivity contribution in [3.63, 3.8) is 0 Å². The second-order valence-corrected chi connectivity index (χ2v) is 7.56. The maximum absolute atomic E-state index is 12.5. The molecule has 1 saturated heterocycles. The van der Waals surface area contributed by atoms with Gasteiger partial charge < -0.3 is 24.8 Å². The smallest absolute Gasteiger partial charge is 0.223 e. The molecule has 156 valence electrons. The van der Waals surface area contributed by atoms with E-state index in [1.807, 2.05) is 36.4 Å². The Kier molecular flexibility index (Phi) is 7.36. The van der Waals surface area contributed by atoms with Gasteiger partial charge in [0, 0.05) is 30.9 Å². The Balaban J connectivity index is 1.41. The van der Waals surface area contributed by atoms with Crippen LogP contribution in [0.5, 0.6) is 17.2 Å². The van der Waals surface area contributed by atoms with E-state index in [4.69, 9.17) is 9.47 Å². The minimum atomic E-state index is 0.0773. The molecule has 1 aliphatic heterocycles. The number of benzene rings is 2. The largest absolute Gasteiger partial charge is 0.507 e. The van der Waals surface area contributed by atoms with Gasteiger partial charge in [0.2, 0.25) is 5.91 Å². The molecule has 0 aliphatic carbocycles. The molecule has 2 aromatic carbocycles. The van der Waals surface area contributed by atoms with Gasteiger partial charge in [-0.1, -0.05) is 18.2 Å². The molecule has 3 rings (SSSR count). The van der Waals surface area contributed by atoms with Crippen molar-refractivity contribution in [2.75, 3.05) is 33.9 Å². The van der Waals surface area contributed by atoms with E-state index >= 15 is 0 Å². The van der Waals surface area contributed by atoms with Gasteiger partial charge in [-0.25, -0.2) is 0 Å². The van der Waals surface area contributed by atoms with Crippen molar-refractivity contribution in [2.45, 2.75) is 25.8 Å². The van der Waals surface area contributed by atoms with Crippen LogP contribution in [0.3, 0.4) is 0 Å². The summed E-state index contributed by atoms with van der Waals surface area (Å²) in [5.41, 5.74) is 2.07. The maximum atomic E-state index is 12.5. The normalized spacial score (nSPS) is 18.8. The van der Waals surface area contributed by atoms with Crippen molar-refractivity contribution >= 4 is 5.91 Å². The number of hydrogen-bond acceptors (Lipinski definition) is 4. The van der Waals surface area contributed by atoms with Crippen LogP contribution in [0.4, 0.5) is 0 Å². The van der Waals surface area contributed by atoms with Gasteiger partial charge in [0.05, 0.1) is 27.3 Å². The minimum absolute atomic E-state index is 0.0773. The molecule has 3 N–H and O–H groups in total. The maximum Gasteiger partial charge on any atom is 0.223 e. The molecule has 6 heteroatoms. The molecule has 1 amide bonds. The fourth-order valence-electron chi connectivity index (χ4n) is 3.91. The summed E-state index contributed by atoms with van der Waals surface area (Å²) in [7, 11) is 3.24. The topological polar surface area (TPSA) is 72.2 Å². The molecule has 0 unspecified atom stereocenters. The number of amides is 1. The van der Waals surface area contributed by atoms with Gasteiger partial charge in [0.1, 0.15) is 12.3 Å². The van der Waals surface area contributed by atoms with Crippen LogP contribution in [0, 0.1) is 5.92 Å². The number of hydrogen-bond donors (Lipinski definition) is 3. The number of carbonyl (C=O) groups excluding carboxylic acids is 1. The number of phenols is 1. The fraction of sp³-hybridized carbons (Fsp3) is 0.435. The second kappa shape index (κ2) is 10.2. The van der Waals surface area contributed by atoms with Crippen molar-refractivity contribution in [1.29, 1.82) is 0 Å². The third-order valence-corrected chi connectivity index (χ3v) is 5.66. The van der Waals surface area contributed by atoms with Crippen LogP contribution in [0.15, 0.2) is 42.5 Å². The van der Waals surface area contributed by atoms with E-state index in [1.165, 1.54) is 4.90 Å². The number of phenolic OH excluding ortho intramolecular Hbond substituents is 1. The predicted octanol–water partition coefficient (Wildman–Crippen LogP) is 1.56. The summed E-state index contributed by atoms with van der Waals surface area (Å²) in [6.45, 7) is 3.31. The van der Waals surface area contributed by atoms with Gasteiger partial charge in [0.25, 0.3) is 0 Å². The quantitative estimate of drug-likeness (QED) is 0.630.